The number of thiocarbonyl (C=S) groups is 1. The summed E-state index contributed by atoms with van der Waals surface area (Å²) in [6.07, 6.45) is 1.25. The van der Waals surface area contributed by atoms with Crippen LogP contribution in [0.4, 0.5) is 15.8 Å². The molecule has 8 nitrogen and oxygen atoms in total. The average molecular weight is 362 g/mol. The van der Waals surface area contributed by atoms with Gasteiger partial charge in [-0.1, -0.05) is 0 Å². The molecule has 0 saturated heterocycles. The van der Waals surface area contributed by atoms with Gasteiger partial charge in [0.25, 0.3) is 5.69 Å². The van der Waals surface area contributed by atoms with Crippen molar-refractivity contribution < 1.29 is 18.8 Å². The fourth-order valence-corrected chi connectivity index (χ4v) is 2.23. The van der Waals surface area contributed by atoms with Crippen LogP contribution < -0.4 is 20.2 Å². The van der Waals surface area contributed by atoms with Crippen molar-refractivity contribution in [2.24, 2.45) is 5.10 Å². The molecule has 0 aromatic heterocycles. The van der Waals surface area contributed by atoms with Gasteiger partial charge in [0.05, 0.1) is 22.8 Å². The van der Waals surface area contributed by atoms with Gasteiger partial charge in [0.2, 0.25) is 6.79 Å². The van der Waals surface area contributed by atoms with Crippen molar-refractivity contribution in [2.75, 3.05) is 12.1 Å². The first-order chi connectivity index (χ1) is 12.0. The molecule has 0 saturated carbocycles. The zero-order valence-electron chi connectivity index (χ0n) is 12.6. The van der Waals surface area contributed by atoms with E-state index in [1.165, 1.54) is 42.6 Å². The fourth-order valence-electron chi connectivity index (χ4n) is 2.06. The number of nitro groups is 1. The van der Waals surface area contributed by atoms with E-state index < -0.39 is 4.92 Å². The molecule has 0 amide bonds. The summed E-state index contributed by atoms with van der Waals surface area (Å²) in [6, 6.07) is 8.32. The van der Waals surface area contributed by atoms with Crippen LogP contribution in [0.5, 0.6) is 11.5 Å². The van der Waals surface area contributed by atoms with E-state index in [4.69, 9.17) is 21.7 Å². The maximum atomic E-state index is 12.8. The first-order valence-corrected chi connectivity index (χ1v) is 7.37. The van der Waals surface area contributed by atoms with Crippen LogP contribution in [-0.4, -0.2) is 23.0 Å². The van der Waals surface area contributed by atoms with Gasteiger partial charge in [-0.05, 0) is 42.5 Å². The van der Waals surface area contributed by atoms with E-state index in [0.717, 1.165) is 0 Å². The molecule has 10 heteroatoms. The Kier molecular flexibility index (Phi) is 4.70. The quantitative estimate of drug-likeness (QED) is 0.373. The zero-order valence-corrected chi connectivity index (χ0v) is 13.4. The van der Waals surface area contributed by atoms with Crippen molar-refractivity contribution in [1.82, 2.24) is 5.43 Å². The lowest BCUT2D eigenvalue weighted by Crippen LogP contribution is -2.23. The SMILES string of the molecule is O=[N+]([O-])c1cc2c(cc1/C=N\NC(=S)Nc1ccc(F)cc1)OCO2. The summed E-state index contributed by atoms with van der Waals surface area (Å²) >= 11 is 5.04. The van der Waals surface area contributed by atoms with Gasteiger partial charge in [0.15, 0.2) is 16.6 Å². The first kappa shape index (κ1) is 16.6. The number of nitrogens with zero attached hydrogens (tertiary/aromatic N) is 2. The van der Waals surface area contributed by atoms with Crippen molar-refractivity contribution in [1.29, 1.82) is 0 Å². The Hall–Kier alpha value is -3.27. The molecular weight excluding hydrogens is 351 g/mol. The standard InChI is InChI=1S/C15H11FN4O4S/c16-10-1-3-11(4-2-10)18-15(25)19-17-7-9-5-13-14(24-8-23-13)6-12(9)20(21)22/h1-7H,8H2,(H2,18,19,25)/b17-7-. The van der Waals surface area contributed by atoms with Gasteiger partial charge in [-0.2, -0.15) is 5.10 Å². The smallest absolute Gasteiger partial charge is 0.282 e. The largest absolute Gasteiger partial charge is 0.454 e. The number of rotatable bonds is 4. The summed E-state index contributed by atoms with van der Waals surface area (Å²) in [5, 5.41) is 18.0. The molecule has 2 aromatic rings. The summed E-state index contributed by atoms with van der Waals surface area (Å²) in [5.74, 6) is 0.349. The molecule has 0 unspecified atom stereocenters. The second kappa shape index (κ2) is 7.09. The Morgan fingerprint density at radius 1 is 1.28 bits per heavy atom. The second-order valence-corrected chi connectivity index (χ2v) is 5.26. The Balaban J connectivity index is 1.68. The number of ether oxygens (including phenoxy) is 2. The molecular formula is C15H11FN4O4S. The second-order valence-electron chi connectivity index (χ2n) is 4.85. The number of fused-ring (bicyclic) bond motifs is 1. The molecule has 3 rings (SSSR count). The topological polar surface area (TPSA) is 98.0 Å². The van der Waals surface area contributed by atoms with Crippen molar-refractivity contribution in [3.8, 4) is 11.5 Å². The minimum Gasteiger partial charge on any atom is -0.454 e. The molecule has 25 heavy (non-hydrogen) atoms. The molecule has 0 bridgehead atoms. The molecule has 0 aliphatic carbocycles. The third kappa shape index (κ3) is 3.98. The highest BCUT2D eigenvalue weighted by Crippen LogP contribution is 2.37. The van der Waals surface area contributed by atoms with Crippen LogP contribution in [0.1, 0.15) is 5.56 Å². The summed E-state index contributed by atoms with van der Waals surface area (Å²) < 4.78 is 23.1. The number of hydrazone groups is 1. The predicted octanol–water partition coefficient (Wildman–Crippen LogP) is 2.78. The number of nitro benzene ring substituents is 1. The highest BCUT2D eigenvalue weighted by atomic mass is 32.1. The highest BCUT2D eigenvalue weighted by molar-refractivity contribution is 7.80. The van der Waals surface area contributed by atoms with Crippen molar-refractivity contribution in [3.63, 3.8) is 0 Å². The van der Waals surface area contributed by atoms with Gasteiger partial charge >= 0.3 is 0 Å². The van der Waals surface area contributed by atoms with E-state index in [1.807, 2.05) is 0 Å². The number of halogens is 1. The molecule has 2 aromatic carbocycles. The number of hydrogen-bond donors (Lipinski definition) is 2. The number of benzene rings is 2. The molecule has 128 valence electrons. The highest BCUT2D eigenvalue weighted by Gasteiger charge is 2.22. The third-order valence-corrected chi connectivity index (χ3v) is 3.38. The summed E-state index contributed by atoms with van der Waals surface area (Å²) in [5.41, 5.74) is 3.16. The maximum Gasteiger partial charge on any atom is 0.282 e. The minimum absolute atomic E-state index is 0.0109. The van der Waals surface area contributed by atoms with E-state index >= 15 is 0 Å². The monoisotopic (exact) mass is 362 g/mol. The Bertz CT molecular complexity index is 857. The Morgan fingerprint density at radius 3 is 2.64 bits per heavy atom. The van der Waals surface area contributed by atoms with Crippen LogP contribution in [0.25, 0.3) is 0 Å². The molecule has 1 aliphatic heterocycles. The van der Waals surface area contributed by atoms with Gasteiger partial charge < -0.3 is 14.8 Å². The summed E-state index contributed by atoms with van der Waals surface area (Å²) in [6.45, 7) is 0.0109. The number of nitrogens with one attached hydrogen (secondary N) is 2. The molecule has 1 heterocycles. The number of anilines is 1. The number of hydrogen-bond acceptors (Lipinski definition) is 6. The fraction of sp³-hybridized carbons (Fsp3) is 0.0667. The third-order valence-electron chi connectivity index (χ3n) is 3.19. The molecule has 0 fully saturated rings. The van der Waals surface area contributed by atoms with Crippen LogP contribution in [0.15, 0.2) is 41.5 Å². The van der Waals surface area contributed by atoms with Crippen molar-refractivity contribution >= 4 is 34.9 Å². The Labute approximate surface area is 146 Å². The van der Waals surface area contributed by atoms with E-state index in [2.05, 4.69) is 15.8 Å². The Morgan fingerprint density at radius 2 is 1.96 bits per heavy atom. The lowest BCUT2D eigenvalue weighted by atomic mass is 10.1. The molecule has 0 radical (unpaired) electrons. The van der Waals surface area contributed by atoms with Gasteiger partial charge in [-0.3, -0.25) is 15.5 Å². The van der Waals surface area contributed by atoms with Gasteiger partial charge in [0.1, 0.15) is 5.82 Å². The lowest BCUT2D eigenvalue weighted by molar-refractivity contribution is -0.385. The van der Waals surface area contributed by atoms with E-state index in [-0.39, 0.29) is 29.0 Å². The van der Waals surface area contributed by atoms with E-state index in [9.17, 15) is 14.5 Å². The average Bonchev–Trinajstić information content (AvgIpc) is 3.03. The van der Waals surface area contributed by atoms with Gasteiger partial charge in [-0.15, -0.1) is 0 Å². The summed E-state index contributed by atoms with van der Waals surface area (Å²) in [7, 11) is 0. The van der Waals surface area contributed by atoms with Crippen LogP contribution in [0.3, 0.4) is 0 Å². The molecule has 1 aliphatic rings. The van der Waals surface area contributed by atoms with Crippen LogP contribution in [0.2, 0.25) is 0 Å². The van der Waals surface area contributed by atoms with Gasteiger partial charge in [0, 0.05) is 5.69 Å². The van der Waals surface area contributed by atoms with Crippen LogP contribution in [-0.2, 0) is 0 Å². The summed E-state index contributed by atoms with van der Waals surface area (Å²) in [4.78, 5) is 10.6. The first-order valence-electron chi connectivity index (χ1n) is 6.96. The lowest BCUT2D eigenvalue weighted by Gasteiger charge is -2.06. The minimum atomic E-state index is -0.543. The molecule has 2 N–H and O–H groups in total. The van der Waals surface area contributed by atoms with Gasteiger partial charge in [-0.25, -0.2) is 4.39 Å². The predicted molar refractivity (Wildman–Crippen MR) is 92.6 cm³/mol. The van der Waals surface area contributed by atoms with Crippen molar-refractivity contribution in [3.05, 3.63) is 57.9 Å². The maximum absolute atomic E-state index is 12.8. The van der Waals surface area contributed by atoms with E-state index in [0.29, 0.717) is 17.2 Å². The van der Waals surface area contributed by atoms with E-state index in [1.54, 1.807) is 0 Å². The zero-order chi connectivity index (χ0) is 17.8. The van der Waals surface area contributed by atoms with Crippen LogP contribution >= 0.6 is 12.2 Å². The molecule has 0 spiro atoms. The molecule has 0 atom stereocenters. The van der Waals surface area contributed by atoms with Crippen LogP contribution in [0, 0.1) is 15.9 Å². The van der Waals surface area contributed by atoms with Crippen molar-refractivity contribution in [2.45, 2.75) is 0 Å². The normalized spacial score (nSPS) is 12.2.